The minimum absolute atomic E-state index is 0.0290. The molecule has 4 nitrogen and oxygen atoms in total. The average molecular weight is 491 g/mol. The Morgan fingerprint density at radius 3 is 2.48 bits per heavy atom. The maximum Gasteiger partial charge on any atom is 0.416 e. The van der Waals surface area contributed by atoms with Gasteiger partial charge < -0.3 is 10.2 Å². The number of nitrogens with zero attached hydrogens (tertiary/aromatic N) is 1. The maximum atomic E-state index is 13.2. The van der Waals surface area contributed by atoms with Crippen molar-refractivity contribution < 1.29 is 22.8 Å². The van der Waals surface area contributed by atoms with Crippen LogP contribution in [0.25, 0.3) is 0 Å². The van der Waals surface area contributed by atoms with Crippen molar-refractivity contribution in [2.75, 3.05) is 16.8 Å². The van der Waals surface area contributed by atoms with Crippen LogP contribution in [-0.2, 0) is 15.8 Å². The van der Waals surface area contributed by atoms with E-state index in [0.29, 0.717) is 5.69 Å². The fourth-order valence-electron chi connectivity index (χ4n) is 3.54. The van der Waals surface area contributed by atoms with E-state index >= 15 is 0 Å². The lowest BCUT2D eigenvalue weighted by molar-refractivity contribution is -0.137. The summed E-state index contributed by atoms with van der Waals surface area (Å²) in [6, 6.07) is 19.5. The zero-order valence-corrected chi connectivity index (χ0v) is 18.7. The Bertz CT molecular complexity index is 1190. The van der Waals surface area contributed by atoms with Crippen LogP contribution in [-0.4, -0.2) is 18.4 Å². The molecule has 1 heterocycles. The van der Waals surface area contributed by atoms with Gasteiger partial charge in [-0.3, -0.25) is 9.59 Å². The molecule has 0 saturated carbocycles. The molecule has 4 rings (SSSR count). The Balaban J connectivity index is 1.58. The van der Waals surface area contributed by atoms with Gasteiger partial charge in [0.2, 0.25) is 11.8 Å². The molecule has 3 aromatic rings. The molecule has 33 heavy (non-hydrogen) atoms. The Hall–Kier alpha value is -2.97. The second kappa shape index (κ2) is 9.49. The number of hydrogen-bond acceptors (Lipinski definition) is 3. The Kier molecular flexibility index (Phi) is 6.67. The Morgan fingerprint density at radius 1 is 1.06 bits per heavy atom. The van der Waals surface area contributed by atoms with Gasteiger partial charge in [-0.25, -0.2) is 0 Å². The van der Waals surface area contributed by atoms with Gasteiger partial charge in [0.15, 0.2) is 0 Å². The second-order valence-corrected chi connectivity index (χ2v) is 9.06. The summed E-state index contributed by atoms with van der Waals surface area (Å²) in [6.07, 6.45) is -4.41. The normalized spacial score (nSPS) is 16.2. The van der Waals surface area contributed by atoms with Gasteiger partial charge in [-0.05, 0) is 35.9 Å². The van der Waals surface area contributed by atoms with Gasteiger partial charge in [-0.15, -0.1) is 11.8 Å². The number of alkyl halides is 3. The van der Waals surface area contributed by atoms with E-state index in [0.717, 1.165) is 28.7 Å². The number of anilines is 2. The fourth-order valence-corrected chi connectivity index (χ4v) is 4.98. The molecule has 9 heteroatoms. The maximum absolute atomic E-state index is 13.2. The average Bonchev–Trinajstić information content (AvgIpc) is 2.92. The monoisotopic (exact) mass is 490 g/mol. The first-order chi connectivity index (χ1) is 15.7. The highest BCUT2D eigenvalue weighted by Gasteiger charge is 2.32. The lowest BCUT2D eigenvalue weighted by Gasteiger charge is -2.22. The highest BCUT2D eigenvalue weighted by molar-refractivity contribution is 7.99. The molecule has 1 N–H and O–H groups in total. The zero-order valence-electron chi connectivity index (χ0n) is 17.1. The van der Waals surface area contributed by atoms with Crippen LogP contribution in [0.3, 0.4) is 0 Å². The number of benzene rings is 3. The molecule has 2 amide bonds. The summed E-state index contributed by atoms with van der Waals surface area (Å²) in [6.45, 7) is -0.357. The van der Waals surface area contributed by atoms with E-state index in [2.05, 4.69) is 5.32 Å². The lowest BCUT2D eigenvalue weighted by Crippen LogP contribution is -2.38. The molecule has 0 saturated heterocycles. The summed E-state index contributed by atoms with van der Waals surface area (Å²) in [4.78, 5) is 28.1. The molecule has 1 aliphatic rings. The summed E-state index contributed by atoms with van der Waals surface area (Å²) < 4.78 is 39.1. The van der Waals surface area contributed by atoms with E-state index in [9.17, 15) is 22.8 Å². The molecule has 0 aliphatic carbocycles. The standard InChI is InChI=1S/C24H18ClF3N2O2S/c25-17-11-10-16(24(26,27)28)12-18(17)29-22(31)14-30-19-8-4-5-9-20(19)33-21(13-23(30)32)15-6-2-1-3-7-15/h1-12,21H,13-14H2,(H,29,31). The van der Waals surface area contributed by atoms with Gasteiger partial charge in [0, 0.05) is 16.6 Å². The van der Waals surface area contributed by atoms with Crippen LogP contribution in [0.4, 0.5) is 24.5 Å². The number of fused-ring (bicyclic) bond motifs is 1. The van der Waals surface area contributed by atoms with Crippen molar-refractivity contribution in [2.45, 2.75) is 22.7 Å². The number of amides is 2. The van der Waals surface area contributed by atoms with Crippen LogP contribution < -0.4 is 10.2 Å². The summed E-state index contributed by atoms with van der Waals surface area (Å²) >= 11 is 7.53. The van der Waals surface area contributed by atoms with Gasteiger partial charge in [0.05, 0.1) is 22.0 Å². The fraction of sp³-hybridized carbons (Fsp3) is 0.167. The SMILES string of the molecule is O=C(CN1C(=O)CC(c2ccccc2)Sc2ccccc21)Nc1cc(C(F)(F)F)ccc1Cl. The zero-order chi connectivity index (χ0) is 23.6. The van der Waals surface area contributed by atoms with Crippen molar-refractivity contribution in [1.29, 1.82) is 0 Å². The van der Waals surface area contributed by atoms with Gasteiger partial charge in [0.1, 0.15) is 6.54 Å². The van der Waals surface area contributed by atoms with Crippen LogP contribution in [0.15, 0.2) is 77.7 Å². The molecule has 170 valence electrons. The molecule has 0 fully saturated rings. The first kappa shape index (κ1) is 23.2. The van der Waals surface area contributed by atoms with Crippen molar-refractivity contribution >= 4 is 46.6 Å². The molecule has 1 atom stereocenters. The minimum Gasteiger partial charge on any atom is -0.323 e. The van der Waals surface area contributed by atoms with Crippen molar-refractivity contribution in [2.24, 2.45) is 0 Å². The second-order valence-electron chi connectivity index (χ2n) is 7.41. The third kappa shape index (κ3) is 5.34. The molecular weight excluding hydrogens is 473 g/mol. The summed E-state index contributed by atoms with van der Waals surface area (Å²) in [7, 11) is 0. The van der Waals surface area contributed by atoms with E-state index in [-0.39, 0.29) is 34.8 Å². The van der Waals surface area contributed by atoms with Crippen molar-refractivity contribution in [3.8, 4) is 0 Å². The number of nitrogens with one attached hydrogen (secondary N) is 1. The molecule has 0 spiro atoms. The van der Waals surface area contributed by atoms with Crippen LogP contribution in [0.5, 0.6) is 0 Å². The number of thioether (sulfide) groups is 1. The molecule has 1 unspecified atom stereocenters. The number of hydrogen-bond donors (Lipinski definition) is 1. The topological polar surface area (TPSA) is 49.4 Å². The smallest absolute Gasteiger partial charge is 0.323 e. The Morgan fingerprint density at radius 2 is 1.76 bits per heavy atom. The summed E-state index contributed by atoms with van der Waals surface area (Å²) in [5.41, 5.74) is 0.480. The van der Waals surface area contributed by atoms with Gasteiger partial charge in [-0.1, -0.05) is 54.1 Å². The van der Waals surface area contributed by atoms with Crippen LogP contribution in [0, 0.1) is 0 Å². The van der Waals surface area contributed by atoms with E-state index in [4.69, 9.17) is 11.6 Å². The molecule has 3 aromatic carbocycles. The largest absolute Gasteiger partial charge is 0.416 e. The Labute approximate surface area is 197 Å². The van der Waals surface area contributed by atoms with Crippen molar-refractivity contribution in [3.63, 3.8) is 0 Å². The first-order valence-electron chi connectivity index (χ1n) is 10.00. The highest BCUT2D eigenvalue weighted by atomic mass is 35.5. The first-order valence-corrected chi connectivity index (χ1v) is 11.3. The third-order valence-corrected chi connectivity index (χ3v) is 6.78. The van der Waals surface area contributed by atoms with Crippen LogP contribution in [0.1, 0.15) is 22.8 Å². The van der Waals surface area contributed by atoms with Crippen LogP contribution >= 0.6 is 23.4 Å². The number of carbonyl (C=O) groups is 2. The minimum atomic E-state index is -4.58. The van der Waals surface area contributed by atoms with Crippen molar-refractivity contribution in [3.05, 3.63) is 88.9 Å². The summed E-state index contributed by atoms with van der Waals surface area (Å²) in [5.74, 6) is -0.908. The molecule has 0 aromatic heterocycles. The van der Waals surface area contributed by atoms with E-state index in [1.54, 1.807) is 12.1 Å². The molecule has 1 aliphatic heterocycles. The highest BCUT2D eigenvalue weighted by Crippen LogP contribution is 2.45. The molecular formula is C24H18ClF3N2O2S. The van der Waals surface area contributed by atoms with E-state index in [1.165, 1.54) is 16.7 Å². The van der Waals surface area contributed by atoms with E-state index < -0.39 is 17.6 Å². The quantitative estimate of drug-likeness (QED) is 0.450. The van der Waals surface area contributed by atoms with Gasteiger partial charge in [0.25, 0.3) is 0 Å². The predicted molar refractivity (Wildman–Crippen MR) is 124 cm³/mol. The number of para-hydroxylation sites is 1. The van der Waals surface area contributed by atoms with Gasteiger partial charge in [-0.2, -0.15) is 13.2 Å². The van der Waals surface area contributed by atoms with Crippen molar-refractivity contribution in [1.82, 2.24) is 0 Å². The summed E-state index contributed by atoms with van der Waals surface area (Å²) in [5, 5.41) is 2.25. The predicted octanol–water partition coefficient (Wildman–Crippen LogP) is 6.57. The number of rotatable bonds is 4. The lowest BCUT2D eigenvalue weighted by atomic mass is 10.1. The van der Waals surface area contributed by atoms with Crippen LogP contribution in [0.2, 0.25) is 5.02 Å². The number of carbonyl (C=O) groups excluding carboxylic acids is 2. The molecule has 0 radical (unpaired) electrons. The van der Waals surface area contributed by atoms with Gasteiger partial charge >= 0.3 is 6.18 Å². The molecule has 0 bridgehead atoms. The van der Waals surface area contributed by atoms with E-state index in [1.807, 2.05) is 42.5 Å². The third-order valence-electron chi connectivity index (χ3n) is 5.13. The number of halogens is 4.